The van der Waals surface area contributed by atoms with E-state index in [9.17, 15) is 9.59 Å². The summed E-state index contributed by atoms with van der Waals surface area (Å²) < 4.78 is 9.86. The van der Waals surface area contributed by atoms with E-state index in [2.05, 4.69) is 5.32 Å². The maximum Gasteiger partial charge on any atom is 0.375 e. The highest BCUT2D eigenvalue weighted by atomic mass is 16.5. The Hall–Kier alpha value is -2.56. The molecular weight excluding hydrogens is 258 g/mol. The van der Waals surface area contributed by atoms with Crippen LogP contribution in [0.5, 0.6) is 0 Å². The molecule has 0 fully saturated rings. The molecule has 20 heavy (non-hydrogen) atoms. The highest BCUT2D eigenvalue weighted by molar-refractivity contribution is 5.94. The van der Waals surface area contributed by atoms with Crippen molar-refractivity contribution in [2.24, 2.45) is 0 Å². The number of rotatable bonds is 4. The average Bonchev–Trinajstić information content (AvgIpc) is 2.85. The van der Waals surface area contributed by atoms with Crippen LogP contribution in [-0.2, 0) is 9.53 Å². The molecule has 0 atom stereocenters. The number of ether oxygens (including phenoxy) is 1. The van der Waals surface area contributed by atoms with Gasteiger partial charge in [-0.15, -0.1) is 0 Å². The van der Waals surface area contributed by atoms with Crippen molar-refractivity contribution < 1.29 is 18.7 Å². The smallest absolute Gasteiger partial charge is 0.375 e. The van der Waals surface area contributed by atoms with Crippen LogP contribution in [0.15, 0.2) is 41.0 Å². The van der Waals surface area contributed by atoms with Gasteiger partial charge in [0.25, 0.3) is 5.91 Å². The van der Waals surface area contributed by atoms with Gasteiger partial charge in [-0.3, -0.25) is 4.79 Å². The van der Waals surface area contributed by atoms with Crippen LogP contribution < -0.4 is 5.32 Å². The Morgan fingerprint density at radius 1 is 1.15 bits per heavy atom. The van der Waals surface area contributed by atoms with Crippen molar-refractivity contribution in [3.05, 3.63) is 53.5 Å². The van der Waals surface area contributed by atoms with E-state index in [1.807, 2.05) is 19.1 Å². The van der Waals surface area contributed by atoms with Crippen LogP contribution in [0.1, 0.15) is 21.7 Å². The molecule has 0 aliphatic heterocycles. The van der Waals surface area contributed by atoms with Gasteiger partial charge in [0.05, 0.1) is 6.26 Å². The van der Waals surface area contributed by atoms with Gasteiger partial charge in [-0.2, -0.15) is 0 Å². The van der Waals surface area contributed by atoms with Crippen molar-refractivity contribution in [3.63, 3.8) is 0 Å². The minimum Gasteiger partial charge on any atom is -0.457 e. The summed E-state index contributed by atoms with van der Waals surface area (Å²) in [5.41, 5.74) is 2.43. The molecule has 104 valence electrons. The SMILES string of the molecule is Cc1ccc(NC(=O)COC(=O)c2occc2C)cc1. The molecule has 1 aromatic carbocycles. The van der Waals surface area contributed by atoms with Gasteiger partial charge in [0.2, 0.25) is 5.76 Å². The molecule has 1 aromatic heterocycles. The zero-order chi connectivity index (χ0) is 14.5. The quantitative estimate of drug-likeness (QED) is 0.870. The first-order valence-electron chi connectivity index (χ1n) is 6.14. The molecule has 0 aliphatic rings. The number of benzene rings is 1. The minimum absolute atomic E-state index is 0.119. The summed E-state index contributed by atoms with van der Waals surface area (Å²) in [6, 6.07) is 8.99. The van der Waals surface area contributed by atoms with Gasteiger partial charge in [0.15, 0.2) is 6.61 Å². The standard InChI is InChI=1S/C15H15NO4/c1-10-3-5-12(6-4-10)16-13(17)9-20-15(18)14-11(2)7-8-19-14/h3-8H,9H2,1-2H3,(H,16,17). The van der Waals surface area contributed by atoms with E-state index in [0.717, 1.165) is 5.56 Å². The number of esters is 1. The number of anilines is 1. The topological polar surface area (TPSA) is 68.5 Å². The Morgan fingerprint density at radius 2 is 1.85 bits per heavy atom. The fourth-order valence-electron chi connectivity index (χ4n) is 1.61. The lowest BCUT2D eigenvalue weighted by atomic mass is 10.2. The van der Waals surface area contributed by atoms with E-state index < -0.39 is 11.9 Å². The van der Waals surface area contributed by atoms with Gasteiger partial charge in [0, 0.05) is 11.3 Å². The summed E-state index contributed by atoms with van der Waals surface area (Å²) in [4.78, 5) is 23.3. The normalized spacial score (nSPS) is 10.1. The van der Waals surface area contributed by atoms with Crippen LogP contribution >= 0.6 is 0 Å². The van der Waals surface area contributed by atoms with Crippen LogP contribution in [0.4, 0.5) is 5.69 Å². The van der Waals surface area contributed by atoms with Gasteiger partial charge >= 0.3 is 5.97 Å². The summed E-state index contributed by atoms with van der Waals surface area (Å²) in [5, 5.41) is 2.64. The van der Waals surface area contributed by atoms with E-state index in [-0.39, 0.29) is 12.4 Å². The van der Waals surface area contributed by atoms with Crippen molar-refractivity contribution in [2.45, 2.75) is 13.8 Å². The number of hydrogen-bond donors (Lipinski definition) is 1. The Morgan fingerprint density at radius 3 is 2.45 bits per heavy atom. The van der Waals surface area contributed by atoms with Crippen LogP contribution in [-0.4, -0.2) is 18.5 Å². The number of hydrogen-bond acceptors (Lipinski definition) is 4. The van der Waals surface area contributed by atoms with Crippen molar-refractivity contribution >= 4 is 17.6 Å². The predicted molar refractivity (Wildman–Crippen MR) is 73.5 cm³/mol. The lowest BCUT2D eigenvalue weighted by Gasteiger charge is -2.06. The Balaban J connectivity index is 1.85. The fraction of sp³-hybridized carbons (Fsp3) is 0.200. The molecule has 0 unspecified atom stereocenters. The second kappa shape index (κ2) is 6.06. The van der Waals surface area contributed by atoms with Gasteiger partial charge in [-0.05, 0) is 32.0 Å². The Bertz CT molecular complexity index is 613. The van der Waals surface area contributed by atoms with E-state index >= 15 is 0 Å². The first kappa shape index (κ1) is 13.9. The molecule has 1 amide bonds. The van der Waals surface area contributed by atoms with Gasteiger partial charge < -0.3 is 14.5 Å². The molecule has 1 N–H and O–H groups in total. The van der Waals surface area contributed by atoms with E-state index in [1.165, 1.54) is 6.26 Å². The van der Waals surface area contributed by atoms with Crippen LogP contribution in [0.25, 0.3) is 0 Å². The number of amides is 1. The average molecular weight is 273 g/mol. The molecule has 5 heteroatoms. The number of nitrogens with one attached hydrogen (secondary N) is 1. The third-order valence-electron chi connectivity index (χ3n) is 2.72. The maximum absolute atomic E-state index is 11.6. The lowest BCUT2D eigenvalue weighted by Crippen LogP contribution is -2.21. The predicted octanol–water partition coefficient (Wildman–Crippen LogP) is 2.69. The molecule has 2 rings (SSSR count). The van der Waals surface area contributed by atoms with E-state index in [1.54, 1.807) is 25.1 Å². The maximum atomic E-state index is 11.6. The molecular formula is C15H15NO4. The molecule has 0 bridgehead atoms. The van der Waals surface area contributed by atoms with Crippen LogP contribution in [0.2, 0.25) is 0 Å². The summed E-state index contributed by atoms with van der Waals surface area (Å²) in [5.74, 6) is -0.925. The molecule has 0 radical (unpaired) electrons. The van der Waals surface area contributed by atoms with Crippen molar-refractivity contribution in [1.29, 1.82) is 0 Å². The Labute approximate surface area is 116 Å². The third-order valence-corrected chi connectivity index (χ3v) is 2.72. The van der Waals surface area contributed by atoms with Crippen molar-refractivity contribution in [3.8, 4) is 0 Å². The molecule has 0 saturated heterocycles. The molecule has 1 heterocycles. The van der Waals surface area contributed by atoms with Crippen molar-refractivity contribution in [1.82, 2.24) is 0 Å². The summed E-state index contributed by atoms with van der Waals surface area (Å²) in [6.45, 7) is 3.33. The van der Waals surface area contributed by atoms with Crippen LogP contribution in [0.3, 0.4) is 0 Å². The molecule has 0 aliphatic carbocycles. The summed E-state index contributed by atoms with van der Waals surface area (Å²) >= 11 is 0. The fourth-order valence-corrected chi connectivity index (χ4v) is 1.61. The Kier molecular flexibility index (Phi) is 4.20. The van der Waals surface area contributed by atoms with Gasteiger partial charge in [-0.1, -0.05) is 17.7 Å². The largest absolute Gasteiger partial charge is 0.457 e. The highest BCUT2D eigenvalue weighted by Crippen LogP contribution is 2.11. The molecule has 0 spiro atoms. The second-order valence-electron chi connectivity index (χ2n) is 4.42. The summed E-state index contributed by atoms with van der Waals surface area (Å²) in [7, 11) is 0. The van der Waals surface area contributed by atoms with Gasteiger partial charge in [0.1, 0.15) is 0 Å². The first-order chi connectivity index (χ1) is 9.56. The summed E-state index contributed by atoms with van der Waals surface area (Å²) in [6.07, 6.45) is 1.40. The molecule has 2 aromatic rings. The third kappa shape index (κ3) is 3.47. The molecule has 0 saturated carbocycles. The number of carbonyl (C=O) groups is 2. The monoisotopic (exact) mass is 273 g/mol. The van der Waals surface area contributed by atoms with E-state index in [4.69, 9.17) is 9.15 Å². The lowest BCUT2D eigenvalue weighted by molar-refractivity contribution is -0.119. The van der Waals surface area contributed by atoms with Crippen molar-refractivity contribution in [2.75, 3.05) is 11.9 Å². The van der Waals surface area contributed by atoms with Gasteiger partial charge in [-0.25, -0.2) is 4.79 Å². The number of carbonyl (C=O) groups excluding carboxylic acids is 2. The van der Waals surface area contributed by atoms with E-state index in [0.29, 0.717) is 11.3 Å². The zero-order valence-electron chi connectivity index (χ0n) is 11.3. The second-order valence-corrected chi connectivity index (χ2v) is 4.42. The minimum atomic E-state index is -0.647. The molecule has 5 nitrogen and oxygen atoms in total. The van der Waals surface area contributed by atoms with Crippen LogP contribution in [0, 0.1) is 13.8 Å². The number of aryl methyl sites for hydroxylation is 2. The zero-order valence-corrected chi connectivity index (χ0v) is 11.3. The highest BCUT2D eigenvalue weighted by Gasteiger charge is 2.15. The number of furan rings is 1. The first-order valence-corrected chi connectivity index (χ1v) is 6.14.